The average Bonchev–Trinajstić information content (AvgIpc) is 2.43. The lowest BCUT2D eigenvalue weighted by atomic mass is 9.83. The number of hydrogen-bond acceptors (Lipinski definition) is 4. The smallest absolute Gasteiger partial charge is 0.151 e. The predicted octanol–water partition coefficient (Wildman–Crippen LogP) is 0.692. The highest BCUT2D eigenvalue weighted by Gasteiger charge is 2.48. The minimum atomic E-state index is -3.02. The van der Waals surface area contributed by atoms with Crippen LogP contribution in [0.5, 0.6) is 0 Å². The summed E-state index contributed by atoms with van der Waals surface area (Å²) < 4.78 is 23.4. The number of allylic oxidation sites excluding steroid dienone is 1. The zero-order valence-corrected chi connectivity index (χ0v) is 9.55. The first-order valence-corrected chi connectivity index (χ1v) is 7.09. The maximum atomic E-state index is 11.7. The molecule has 5 heteroatoms. The molecule has 0 radical (unpaired) electrons. The van der Waals surface area contributed by atoms with Gasteiger partial charge in [0.05, 0.1) is 5.25 Å². The molecule has 3 unspecified atom stereocenters. The van der Waals surface area contributed by atoms with Crippen LogP contribution in [0.2, 0.25) is 0 Å². The summed E-state index contributed by atoms with van der Waals surface area (Å²) >= 11 is 0. The summed E-state index contributed by atoms with van der Waals surface area (Å²) in [4.78, 5) is 0. The van der Waals surface area contributed by atoms with Crippen LogP contribution in [0.25, 0.3) is 0 Å². The second-order valence-corrected chi connectivity index (χ2v) is 6.75. The van der Waals surface area contributed by atoms with Crippen molar-refractivity contribution < 1.29 is 8.42 Å². The quantitative estimate of drug-likeness (QED) is 0.692. The summed E-state index contributed by atoms with van der Waals surface area (Å²) in [5, 5.41) is 7.49. The van der Waals surface area contributed by atoms with E-state index in [1.807, 2.05) is 0 Å². The largest absolute Gasteiger partial charge is 0.404 e. The van der Waals surface area contributed by atoms with Crippen molar-refractivity contribution in [2.45, 2.75) is 24.5 Å². The molecule has 2 aliphatic rings. The van der Waals surface area contributed by atoms with Crippen molar-refractivity contribution in [3.63, 3.8) is 0 Å². The van der Waals surface area contributed by atoms with Crippen molar-refractivity contribution >= 4 is 15.5 Å². The highest BCUT2D eigenvalue weighted by atomic mass is 32.2. The summed E-state index contributed by atoms with van der Waals surface area (Å²) in [5.74, 6) is 0.109. The fourth-order valence-corrected chi connectivity index (χ4v) is 4.89. The van der Waals surface area contributed by atoms with Crippen LogP contribution >= 0.6 is 0 Å². The minimum Gasteiger partial charge on any atom is -0.404 e. The lowest BCUT2D eigenvalue weighted by Gasteiger charge is -2.31. The third-order valence-corrected chi connectivity index (χ3v) is 5.30. The molecule has 2 fully saturated rings. The fourth-order valence-electron chi connectivity index (χ4n) is 3.08. The molecule has 15 heavy (non-hydrogen) atoms. The Hall–Kier alpha value is -0.840. The van der Waals surface area contributed by atoms with Gasteiger partial charge < -0.3 is 11.1 Å². The molecule has 0 amide bonds. The molecule has 0 aromatic heterocycles. The average molecular weight is 228 g/mol. The van der Waals surface area contributed by atoms with Crippen molar-refractivity contribution in [2.24, 2.45) is 17.6 Å². The summed E-state index contributed by atoms with van der Waals surface area (Å²) in [5.41, 5.74) is 6.77. The molecule has 84 valence electrons. The maximum Gasteiger partial charge on any atom is 0.151 e. The van der Waals surface area contributed by atoms with Gasteiger partial charge in [-0.15, -0.1) is 0 Å². The highest BCUT2D eigenvalue weighted by molar-refractivity contribution is 7.91. The van der Waals surface area contributed by atoms with Crippen LogP contribution in [0.15, 0.2) is 11.8 Å². The van der Waals surface area contributed by atoms with Crippen LogP contribution in [-0.2, 0) is 9.84 Å². The molecule has 0 saturated heterocycles. The van der Waals surface area contributed by atoms with Gasteiger partial charge >= 0.3 is 0 Å². The van der Waals surface area contributed by atoms with Gasteiger partial charge in [-0.3, -0.25) is 0 Å². The molecule has 3 N–H and O–H groups in total. The maximum absolute atomic E-state index is 11.7. The molecule has 3 atom stereocenters. The first-order chi connectivity index (χ1) is 6.95. The number of nitrogens with two attached hydrogens (primary N) is 1. The Morgan fingerprint density at radius 1 is 1.47 bits per heavy atom. The van der Waals surface area contributed by atoms with Crippen LogP contribution < -0.4 is 5.73 Å². The van der Waals surface area contributed by atoms with E-state index in [0.717, 1.165) is 18.4 Å². The number of nitrogens with one attached hydrogen (secondary N) is 1. The predicted molar refractivity (Wildman–Crippen MR) is 59.5 cm³/mol. The molecule has 4 nitrogen and oxygen atoms in total. The second-order valence-electron chi connectivity index (χ2n) is 4.54. The van der Waals surface area contributed by atoms with Crippen LogP contribution in [0.1, 0.15) is 19.3 Å². The van der Waals surface area contributed by atoms with Crippen molar-refractivity contribution in [1.29, 1.82) is 5.41 Å². The summed E-state index contributed by atoms with van der Waals surface area (Å²) in [7, 11) is -3.02. The number of sulfone groups is 1. The monoisotopic (exact) mass is 228 g/mol. The van der Waals surface area contributed by atoms with Gasteiger partial charge in [0.25, 0.3) is 0 Å². The van der Waals surface area contributed by atoms with Gasteiger partial charge in [0, 0.05) is 17.9 Å². The van der Waals surface area contributed by atoms with E-state index in [-0.39, 0.29) is 17.1 Å². The zero-order chi connectivity index (χ0) is 11.2. The Kier molecular flexibility index (Phi) is 2.37. The van der Waals surface area contributed by atoms with E-state index in [0.29, 0.717) is 12.1 Å². The Labute approximate surface area is 90.0 Å². The summed E-state index contributed by atoms with van der Waals surface area (Å²) in [6.07, 6.45) is 5.05. The normalized spacial score (nSPS) is 38.6. The molecular formula is C10H16N2O2S. The Morgan fingerprint density at radius 2 is 2.13 bits per heavy atom. The van der Waals surface area contributed by atoms with Crippen molar-refractivity contribution in [1.82, 2.24) is 0 Å². The van der Waals surface area contributed by atoms with Gasteiger partial charge in [0.15, 0.2) is 9.84 Å². The van der Waals surface area contributed by atoms with E-state index in [9.17, 15) is 8.42 Å². The highest BCUT2D eigenvalue weighted by Crippen LogP contribution is 2.46. The van der Waals surface area contributed by atoms with Crippen LogP contribution in [0, 0.1) is 17.2 Å². The van der Waals surface area contributed by atoms with E-state index in [1.54, 1.807) is 0 Å². The number of hydrogen-bond donors (Lipinski definition) is 2. The van der Waals surface area contributed by atoms with Gasteiger partial charge in [0.2, 0.25) is 0 Å². The first-order valence-electron chi connectivity index (χ1n) is 5.13. The van der Waals surface area contributed by atoms with Crippen molar-refractivity contribution in [3.05, 3.63) is 11.8 Å². The summed E-state index contributed by atoms with van der Waals surface area (Å²) in [6.45, 7) is 0. The molecule has 0 aromatic rings. The molecule has 2 bridgehead atoms. The van der Waals surface area contributed by atoms with Gasteiger partial charge in [-0.05, 0) is 37.0 Å². The van der Waals surface area contributed by atoms with E-state index in [1.165, 1.54) is 12.5 Å². The number of fused-ring (bicyclic) bond motifs is 2. The Bertz CT molecular complexity index is 425. The molecule has 2 saturated carbocycles. The molecular weight excluding hydrogens is 212 g/mol. The first kappa shape index (κ1) is 10.7. The Morgan fingerprint density at radius 3 is 2.67 bits per heavy atom. The number of rotatable bonds is 1. The summed E-state index contributed by atoms with van der Waals surface area (Å²) in [6, 6.07) is 0. The SMILES string of the molecule is CS(=O)(=O)C1C2CCC1/C(=C/N)C(=N)C2. The molecule has 2 rings (SSSR count). The van der Waals surface area contributed by atoms with Gasteiger partial charge in [0.1, 0.15) is 0 Å². The zero-order valence-electron chi connectivity index (χ0n) is 8.73. The lowest BCUT2D eigenvalue weighted by molar-refractivity contribution is 0.494. The molecule has 0 aliphatic heterocycles. The molecule has 0 heterocycles. The minimum absolute atomic E-state index is 0.0313. The van der Waals surface area contributed by atoms with Gasteiger partial charge in [-0.1, -0.05) is 0 Å². The third kappa shape index (κ3) is 1.58. The lowest BCUT2D eigenvalue weighted by Crippen LogP contribution is -2.38. The van der Waals surface area contributed by atoms with Crippen molar-refractivity contribution in [2.75, 3.05) is 6.26 Å². The Balaban J connectivity index is 2.43. The third-order valence-electron chi connectivity index (χ3n) is 3.60. The fraction of sp³-hybridized carbons (Fsp3) is 0.700. The van der Waals surface area contributed by atoms with Crippen LogP contribution in [0.4, 0.5) is 0 Å². The van der Waals surface area contributed by atoms with E-state index in [2.05, 4.69) is 0 Å². The molecule has 0 spiro atoms. The van der Waals surface area contributed by atoms with E-state index >= 15 is 0 Å². The van der Waals surface area contributed by atoms with E-state index < -0.39 is 9.84 Å². The van der Waals surface area contributed by atoms with Crippen molar-refractivity contribution in [3.8, 4) is 0 Å². The standard InChI is InChI=1S/C10H16N2O2S/c1-15(13,14)10-6-2-3-7(10)8(5-11)9(12)4-6/h5-7,10,12H,2-4,11H2,1H3/b8-5-,12-9?. The van der Waals surface area contributed by atoms with E-state index in [4.69, 9.17) is 11.1 Å². The van der Waals surface area contributed by atoms with Gasteiger partial charge in [-0.2, -0.15) is 0 Å². The molecule has 0 aromatic carbocycles. The van der Waals surface area contributed by atoms with Crippen LogP contribution in [-0.4, -0.2) is 25.6 Å². The topological polar surface area (TPSA) is 84.0 Å². The second kappa shape index (κ2) is 3.33. The molecule has 2 aliphatic carbocycles. The van der Waals surface area contributed by atoms with Crippen LogP contribution in [0.3, 0.4) is 0 Å². The van der Waals surface area contributed by atoms with Gasteiger partial charge in [-0.25, -0.2) is 8.42 Å².